The molecule has 1 N–H and O–H groups in total. The number of carbonyl (C=O) groups excluding carboxylic acids is 2. The standard InChI is InChI=1S/C21H13IN2O4/c22-17-4-1-2-5-18(17)24-20(25)15(13-23)12-14-7-9-16(10-8-14)28-21(26)19-6-3-11-27-19/h1-12H,(H,24,25)/b15-12-. The zero-order chi connectivity index (χ0) is 19.9. The van der Waals surface area contributed by atoms with Crippen molar-refractivity contribution in [2.24, 2.45) is 0 Å². The lowest BCUT2D eigenvalue weighted by atomic mass is 10.1. The molecule has 3 rings (SSSR count). The van der Waals surface area contributed by atoms with Gasteiger partial charge in [0.2, 0.25) is 5.76 Å². The van der Waals surface area contributed by atoms with Crippen molar-refractivity contribution < 1.29 is 18.7 Å². The van der Waals surface area contributed by atoms with E-state index in [0.29, 0.717) is 17.0 Å². The number of hydrogen-bond acceptors (Lipinski definition) is 5. The number of amides is 1. The molecule has 0 saturated carbocycles. The Balaban J connectivity index is 1.70. The van der Waals surface area contributed by atoms with Gasteiger partial charge < -0.3 is 14.5 Å². The number of nitriles is 1. The molecule has 28 heavy (non-hydrogen) atoms. The summed E-state index contributed by atoms with van der Waals surface area (Å²) in [5.41, 5.74) is 1.21. The molecule has 0 fully saturated rings. The minimum atomic E-state index is -0.608. The first-order valence-corrected chi connectivity index (χ1v) is 9.18. The summed E-state index contributed by atoms with van der Waals surface area (Å²) in [4.78, 5) is 24.2. The lowest BCUT2D eigenvalue weighted by Gasteiger charge is -2.06. The van der Waals surface area contributed by atoms with Gasteiger partial charge in [0.1, 0.15) is 17.4 Å². The summed E-state index contributed by atoms with van der Waals surface area (Å²) >= 11 is 2.10. The van der Waals surface area contributed by atoms with Crippen LogP contribution < -0.4 is 10.1 Å². The minimum absolute atomic E-state index is 0.0417. The van der Waals surface area contributed by atoms with Crippen molar-refractivity contribution in [1.82, 2.24) is 0 Å². The smallest absolute Gasteiger partial charge is 0.379 e. The molecule has 1 heterocycles. The van der Waals surface area contributed by atoms with E-state index < -0.39 is 11.9 Å². The predicted molar refractivity (Wildman–Crippen MR) is 111 cm³/mol. The second-order valence-corrected chi connectivity index (χ2v) is 6.70. The SMILES string of the molecule is N#C/C(=C/c1ccc(OC(=O)c2ccco2)cc1)C(=O)Nc1ccccc1I. The third-order valence-corrected chi connectivity index (χ3v) is 4.55. The fraction of sp³-hybridized carbons (Fsp3) is 0. The molecular formula is C21H13IN2O4. The van der Waals surface area contributed by atoms with E-state index in [1.165, 1.54) is 18.4 Å². The van der Waals surface area contributed by atoms with E-state index in [2.05, 4.69) is 27.9 Å². The highest BCUT2D eigenvalue weighted by Gasteiger charge is 2.13. The minimum Gasteiger partial charge on any atom is -0.457 e. The Morgan fingerprint density at radius 3 is 2.46 bits per heavy atom. The molecule has 6 nitrogen and oxygen atoms in total. The first kappa shape index (κ1) is 19.4. The van der Waals surface area contributed by atoms with Gasteiger partial charge in [-0.05, 0) is 70.6 Å². The molecule has 0 aliphatic heterocycles. The van der Waals surface area contributed by atoms with Crippen LogP contribution in [0.2, 0.25) is 0 Å². The maximum Gasteiger partial charge on any atom is 0.379 e. The zero-order valence-electron chi connectivity index (χ0n) is 14.4. The summed E-state index contributed by atoms with van der Waals surface area (Å²) in [5.74, 6) is -0.689. The van der Waals surface area contributed by atoms with Crippen molar-refractivity contribution in [1.29, 1.82) is 5.26 Å². The quantitative estimate of drug-likeness (QED) is 0.187. The van der Waals surface area contributed by atoms with Crippen LogP contribution in [0.4, 0.5) is 5.69 Å². The summed E-state index contributed by atoms with van der Waals surface area (Å²) in [6.45, 7) is 0. The van der Waals surface area contributed by atoms with Crippen LogP contribution in [0.15, 0.2) is 76.9 Å². The topological polar surface area (TPSA) is 92.3 Å². The molecule has 0 radical (unpaired) electrons. The molecule has 0 saturated heterocycles. The second-order valence-electron chi connectivity index (χ2n) is 5.54. The van der Waals surface area contributed by atoms with Crippen LogP contribution in [0.3, 0.4) is 0 Å². The first-order valence-electron chi connectivity index (χ1n) is 8.10. The normalized spacial score (nSPS) is 10.8. The highest BCUT2D eigenvalue weighted by atomic mass is 127. The number of nitrogens with one attached hydrogen (secondary N) is 1. The first-order chi connectivity index (χ1) is 13.6. The summed E-state index contributed by atoms with van der Waals surface area (Å²) in [7, 11) is 0. The van der Waals surface area contributed by atoms with E-state index in [0.717, 1.165) is 3.57 Å². The van der Waals surface area contributed by atoms with Gasteiger partial charge in [-0.1, -0.05) is 24.3 Å². The second kappa shape index (κ2) is 9.01. The molecule has 1 aromatic heterocycles. The van der Waals surface area contributed by atoms with Crippen molar-refractivity contribution in [3.8, 4) is 11.8 Å². The van der Waals surface area contributed by atoms with Crippen molar-refractivity contribution in [3.05, 3.63) is 87.4 Å². The number of rotatable bonds is 5. The van der Waals surface area contributed by atoms with Crippen molar-refractivity contribution >= 4 is 46.2 Å². The number of carbonyl (C=O) groups is 2. The molecule has 2 aromatic carbocycles. The van der Waals surface area contributed by atoms with Gasteiger partial charge in [-0.25, -0.2) is 4.79 Å². The number of anilines is 1. The Bertz CT molecular complexity index is 1060. The number of esters is 1. The Kier molecular flexibility index (Phi) is 6.24. The summed E-state index contributed by atoms with van der Waals surface area (Å²) < 4.78 is 11.0. The Morgan fingerprint density at radius 1 is 1.07 bits per heavy atom. The van der Waals surface area contributed by atoms with E-state index in [1.807, 2.05) is 18.2 Å². The highest BCUT2D eigenvalue weighted by Crippen LogP contribution is 2.19. The molecule has 3 aromatic rings. The van der Waals surface area contributed by atoms with Crippen molar-refractivity contribution in [2.75, 3.05) is 5.32 Å². The molecule has 7 heteroatoms. The average Bonchev–Trinajstić information content (AvgIpc) is 3.24. The van der Waals surface area contributed by atoms with Crippen LogP contribution in [0.1, 0.15) is 16.1 Å². The number of hydrogen-bond donors (Lipinski definition) is 1. The van der Waals surface area contributed by atoms with Gasteiger partial charge in [0, 0.05) is 3.57 Å². The Hall–Kier alpha value is -3.38. The zero-order valence-corrected chi connectivity index (χ0v) is 16.5. The Morgan fingerprint density at radius 2 is 1.82 bits per heavy atom. The third-order valence-electron chi connectivity index (χ3n) is 3.61. The maximum absolute atomic E-state index is 12.4. The molecule has 0 atom stereocenters. The third kappa shape index (κ3) is 4.86. The number of para-hydroxylation sites is 1. The molecule has 0 aliphatic rings. The molecular weight excluding hydrogens is 471 g/mol. The van der Waals surface area contributed by atoms with Crippen LogP contribution >= 0.6 is 22.6 Å². The van der Waals surface area contributed by atoms with E-state index >= 15 is 0 Å². The van der Waals surface area contributed by atoms with Crippen LogP contribution in [0.25, 0.3) is 6.08 Å². The number of furan rings is 1. The van der Waals surface area contributed by atoms with Gasteiger partial charge in [0.25, 0.3) is 5.91 Å². The molecule has 0 unspecified atom stereocenters. The van der Waals surface area contributed by atoms with Crippen molar-refractivity contribution in [2.45, 2.75) is 0 Å². The van der Waals surface area contributed by atoms with Crippen LogP contribution in [-0.4, -0.2) is 11.9 Å². The number of halogens is 1. The molecule has 0 spiro atoms. The lowest BCUT2D eigenvalue weighted by molar-refractivity contribution is -0.112. The summed E-state index contributed by atoms with van der Waals surface area (Å²) in [6.07, 6.45) is 2.85. The van der Waals surface area contributed by atoms with Gasteiger partial charge in [0.15, 0.2) is 0 Å². The van der Waals surface area contributed by atoms with Gasteiger partial charge in [-0.3, -0.25) is 4.79 Å². The number of benzene rings is 2. The van der Waals surface area contributed by atoms with Gasteiger partial charge in [0.05, 0.1) is 12.0 Å². The van der Waals surface area contributed by atoms with E-state index in [9.17, 15) is 14.9 Å². The van der Waals surface area contributed by atoms with Gasteiger partial charge in [-0.15, -0.1) is 0 Å². The lowest BCUT2D eigenvalue weighted by Crippen LogP contribution is -2.14. The fourth-order valence-electron chi connectivity index (χ4n) is 2.25. The largest absolute Gasteiger partial charge is 0.457 e. The molecule has 0 aliphatic carbocycles. The molecule has 138 valence electrons. The fourth-order valence-corrected chi connectivity index (χ4v) is 2.77. The average molecular weight is 484 g/mol. The predicted octanol–water partition coefficient (Wildman–Crippen LogP) is 4.65. The van der Waals surface area contributed by atoms with E-state index in [4.69, 9.17) is 9.15 Å². The van der Waals surface area contributed by atoms with Gasteiger partial charge >= 0.3 is 5.97 Å². The van der Waals surface area contributed by atoms with Crippen molar-refractivity contribution in [3.63, 3.8) is 0 Å². The van der Waals surface area contributed by atoms with Crippen LogP contribution in [0, 0.1) is 14.9 Å². The summed E-state index contributed by atoms with van der Waals surface area (Å²) in [5, 5.41) is 12.0. The summed E-state index contributed by atoms with van der Waals surface area (Å²) in [6, 6.07) is 18.7. The maximum atomic E-state index is 12.4. The number of nitrogens with zero attached hydrogens (tertiary/aromatic N) is 1. The monoisotopic (exact) mass is 484 g/mol. The van der Waals surface area contributed by atoms with Gasteiger partial charge in [-0.2, -0.15) is 5.26 Å². The molecule has 1 amide bonds. The molecule has 0 bridgehead atoms. The van der Waals surface area contributed by atoms with E-state index in [1.54, 1.807) is 42.5 Å². The Labute approximate surface area is 174 Å². The van der Waals surface area contributed by atoms with Crippen LogP contribution in [0.5, 0.6) is 5.75 Å². The number of ether oxygens (including phenoxy) is 1. The van der Waals surface area contributed by atoms with Crippen LogP contribution in [-0.2, 0) is 4.79 Å². The highest BCUT2D eigenvalue weighted by molar-refractivity contribution is 14.1. The van der Waals surface area contributed by atoms with E-state index in [-0.39, 0.29) is 11.3 Å².